The second-order valence-electron chi connectivity index (χ2n) is 7.34. The van der Waals surface area contributed by atoms with Gasteiger partial charge in [-0.3, -0.25) is 0 Å². The second kappa shape index (κ2) is 10.3. The molecule has 0 radical (unpaired) electrons. The Kier molecular flexibility index (Phi) is 7.22. The molecule has 3 rings (SSSR count). The summed E-state index contributed by atoms with van der Waals surface area (Å²) >= 11 is 0. The van der Waals surface area contributed by atoms with Gasteiger partial charge in [0.1, 0.15) is 12.0 Å². The first-order valence-electron chi connectivity index (χ1n) is 9.98. The first-order chi connectivity index (χ1) is 15.4. The third-order valence-electron chi connectivity index (χ3n) is 4.40. The maximum Gasteiger partial charge on any atom is 0.339 e. The van der Waals surface area contributed by atoms with Crippen LogP contribution < -0.4 is 16.4 Å². The van der Waals surface area contributed by atoms with E-state index in [-0.39, 0.29) is 17.6 Å². The minimum atomic E-state index is -0.480. The Morgan fingerprint density at radius 3 is 2.28 bits per heavy atom. The van der Waals surface area contributed by atoms with Crippen LogP contribution in [-0.2, 0) is 9.47 Å². The van der Waals surface area contributed by atoms with Gasteiger partial charge in [-0.05, 0) is 42.3 Å². The highest BCUT2D eigenvalue weighted by atomic mass is 16.5. The number of rotatable bonds is 8. The highest BCUT2D eigenvalue weighted by Gasteiger charge is 2.15. The fourth-order valence-electron chi connectivity index (χ4n) is 2.75. The van der Waals surface area contributed by atoms with Gasteiger partial charge in [0.15, 0.2) is 11.6 Å². The average molecular weight is 435 g/mol. The maximum absolute atomic E-state index is 12.1. The monoisotopic (exact) mass is 435 g/mol. The normalized spacial score (nSPS) is 10.5. The molecule has 166 valence electrons. The van der Waals surface area contributed by atoms with Gasteiger partial charge in [0, 0.05) is 5.69 Å². The highest BCUT2D eigenvalue weighted by molar-refractivity contribution is 5.97. The molecule has 0 aliphatic heterocycles. The number of para-hydroxylation sites is 1. The Morgan fingerprint density at radius 1 is 0.969 bits per heavy atom. The van der Waals surface area contributed by atoms with Crippen LogP contribution >= 0.6 is 0 Å². The van der Waals surface area contributed by atoms with Gasteiger partial charge in [0.05, 0.1) is 30.5 Å². The number of carbonyl (C=O) groups excluding carboxylic acids is 2. The molecule has 0 saturated carbocycles. The van der Waals surface area contributed by atoms with E-state index in [9.17, 15) is 9.59 Å². The zero-order valence-electron chi connectivity index (χ0n) is 18.1. The largest absolute Gasteiger partial charge is 0.465 e. The van der Waals surface area contributed by atoms with Gasteiger partial charge in [-0.2, -0.15) is 0 Å². The van der Waals surface area contributed by atoms with E-state index < -0.39 is 5.97 Å². The minimum Gasteiger partial charge on any atom is -0.465 e. The summed E-state index contributed by atoms with van der Waals surface area (Å²) in [6.45, 7) is 4.32. The van der Waals surface area contributed by atoms with Crippen molar-refractivity contribution < 1.29 is 19.1 Å². The number of nitrogens with zero attached hydrogens (tertiary/aromatic N) is 2. The van der Waals surface area contributed by atoms with Crippen LogP contribution in [0.1, 0.15) is 34.6 Å². The number of hydrogen-bond donors (Lipinski definition) is 3. The van der Waals surface area contributed by atoms with Crippen LogP contribution in [0.2, 0.25) is 0 Å². The van der Waals surface area contributed by atoms with Crippen LogP contribution in [0.5, 0.6) is 0 Å². The van der Waals surface area contributed by atoms with Gasteiger partial charge in [-0.1, -0.05) is 26.0 Å². The van der Waals surface area contributed by atoms with E-state index in [1.807, 2.05) is 13.8 Å². The molecule has 9 heteroatoms. The first kappa shape index (κ1) is 22.5. The number of ether oxygens (including phenoxy) is 2. The fourth-order valence-corrected chi connectivity index (χ4v) is 2.75. The molecule has 0 fully saturated rings. The maximum atomic E-state index is 12.1. The summed E-state index contributed by atoms with van der Waals surface area (Å²) in [5.74, 6) is 0.109. The van der Waals surface area contributed by atoms with Crippen molar-refractivity contribution in [3.8, 4) is 0 Å². The molecule has 0 aliphatic rings. The topological polar surface area (TPSA) is 128 Å². The van der Waals surface area contributed by atoms with Crippen molar-refractivity contribution in [3.63, 3.8) is 0 Å². The predicted octanol–water partition coefficient (Wildman–Crippen LogP) is 4.15. The molecule has 9 nitrogen and oxygen atoms in total. The number of nitrogens with two attached hydrogens (primary N) is 1. The lowest BCUT2D eigenvalue weighted by Crippen LogP contribution is -2.10. The van der Waals surface area contributed by atoms with Crippen LogP contribution in [0.4, 0.5) is 28.7 Å². The quantitative estimate of drug-likeness (QED) is 0.447. The van der Waals surface area contributed by atoms with Crippen molar-refractivity contribution in [2.24, 2.45) is 5.92 Å². The Morgan fingerprint density at radius 2 is 1.62 bits per heavy atom. The Balaban J connectivity index is 1.75. The molecule has 0 saturated heterocycles. The number of hydrogen-bond acceptors (Lipinski definition) is 9. The molecule has 4 N–H and O–H groups in total. The SMILES string of the molecule is COC(=O)c1ccccc1Nc1ncnc(Nc2ccc(C(=O)OCC(C)C)cc2)c1N. The number of aromatic nitrogens is 2. The van der Waals surface area contributed by atoms with E-state index >= 15 is 0 Å². The molecular weight excluding hydrogens is 410 g/mol. The summed E-state index contributed by atoms with van der Waals surface area (Å²) in [5, 5.41) is 6.15. The van der Waals surface area contributed by atoms with Crippen LogP contribution in [0.15, 0.2) is 54.9 Å². The third kappa shape index (κ3) is 5.51. The molecule has 0 unspecified atom stereocenters. The molecule has 3 aromatic rings. The van der Waals surface area contributed by atoms with E-state index in [1.165, 1.54) is 13.4 Å². The van der Waals surface area contributed by atoms with Gasteiger partial charge < -0.3 is 25.8 Å². The molecule has 0 spiro atoms. The van der Waals surface area contributed by atoms with E-state index in [4.69, 9.17) is 15.2 Å². The Hall–Kier alpha value is -4.14. The number of methoxy groups -OCH3 is 1. The first-order valence-corrected chi connectivity index (χ1v) is 9.98. The Labute approximate surface area is 186 Å². The standard InChI is InChI=1S/C23H25N5O4/c1-14(2)12-32-22(29)15-8-10-16(11-9-15)27-20-19(24)21(26-13-25-20)28-18-7-5-4-6-17(18)23(30)31-3/h4-11,13-14H,12,24H2,1-3H3,(H2,25,26,27,28). The summed E-state index contributed by atoms with van der Waals surface area (Å²) < 4.78 is 10.0. The number of nitrogens with one attached hydrogen (secondary N) is 2. The predicted molar refractivity (Wildman–Crippen MR) is 122 cm³/mol. The van der Waals surface area contributed by atoms with Gasteiger partial charge in [-0.25, -0.2) is 19.6 Å². The molecule has 1 heterocycles. The molecule has 0 atom stereocenters. The molecule has 0 aliphatic carbocycles. The Bertz CT molecular complexity index is 1100. The van der Waals surface area contributed by atoms with E-state index in [0.29, 0.717) is 40.7 Å². The van der Waals surface area contributed by atoms with Gasteiger partial charge >= 0.3 is 11.9 Å². The van der Waals surface area contributed by atoms with Crippen LogP contribution in [0.25, 0.3) is 0 Å². The third-order valence-corrected chi connectivity index (χ3v) is 4.40. The smallest absolute Gasteiger partial charge is 0.339 e. The van der Waals surface area contributed by atoms with Gasteiger partial charge in [0.25, 0.3) is 0 Å². The molecule has 32 heavy (non-hydrogen) atoms. The molecule has 0 bridgehead atoms. The van der Waals surface area contributed by atoms with Crippen LogP contribution in [-0.4, -0.2) is 35.6 Å². The number of anilines is 5. The van der Waals surface area contributed by atoms with Crippen molar-refractivity contribution in [1.82, 2.24) is 9.97 Å². The summed E-state index contributed by atoms with van der Waals surface area (Å²) in [7, 11) is 1.31. The lowest BCUT2D eigenvalue weighted by molar-refractivity contribution is 0.0458. The van der Waals surface area contributed by atoms with Crippen molar-refractivity contribution in [1.29, 1.82) is 0 Å². The summed E-state index contributed by atoms with van der Waals surface area (Å²) in [5.41, 5.74) is 8.48. The summed E-state index contributed by atoms with van der Waals surface area (Å²) in [6.07, 6.45) is 1.35. The summed E-state index contributed by atoms with van der Waals surface area (Å²) in [4.78, 5) is 32.4. The van der Waals surface area contributed by atoms with Gasteiger partial charge in [0.2, 0.25) is 0 Å². The second-order valence-corrected chi connectivity index (χ2v) is 7.34. The van der Waals surface area contributed by atoms with Crippen molar-refractivity contribution in [2.75, 3.05) is 30.1 Å². The average Bonchev–Trinajstić information content (AvgIpc) is 2.80. The lowest BCUT2D eigenvalue weighted by atomic mass is 10.2. The van der Waals surface area contributed by atoms with Crippen molar-refractivity contribution >= 4 is 40.6 Å². The van der Waals surface area contributed by atoms with Crippen molar-refractivity contribution in [2.45, 2.75) is 13.8 Å². The summed E-state index contributed by atoms with van der Waals surface area (Å²) in [6, 6.07) is 13.6. The van der Waals surface area contributed by atoms with Crippen molar-refractivity contribution in [3.05, 3.63) is 66.0 Å². The van der Waals surface area contributed by atoms with E-state index in [0.717, 1.165) is 0 Å². The number of esters is 2. The van der Waals surface area contributed by atoms with Gasteiger partial charge in [-0.15, -0.1) is 0 Å². The molecular formula is C23H25N5O4. The number of nitrogen functional groups attached to an aromatic ring is 1. The highest BCUT2D eigenvalue weighted by Crippen LogP contribution is 2.29. The van der Waals surface area contributed by atoms with E-state index in [1.54, 1.807) is 48.5 Å². The minimum absolute atomic E-state index is 0.257. The zero-order valence-corrected chi connectivity index (χ0v) is 18.1. The number of benzene rings is 2. The lowest BCUT2D eigenvalue weighted by Gasteiger charge is -2.14. The van der Waals surface area contributed by atoms with Crippen LogP contribution in [0.3, 0.4) is 0 Å². The fraction of sp³-hybridized carbons (Fsp3) is 0.217. The molecule has 2 aromatic carbocycles. The zero-order chi connectivity index (χ0) is 23.1. The molecule has 1 aromatic heterocycles. The number of carbonyl (C=O) groups is 2. The van der Waals surface area contributed by atoms with E-state index in [2.05, 4.69) is 20.6 Å². The molecule has 0 amide bonds. The van der Waals surface area contributed by atoms with Crippen LogP contribution in [0, 0.1) is 5.92 Å².